The Hall–Kier alpha value is -1.77. The zero-order valence-corrected chi connectivity index (χ0v) is 14.5. The molecule has 1 unspecified atom stereocenters. The van der Waals surface area contributed by atoms with Crippen LogP contribution in [0.4, 0.5) is 0 Å². The molecule has 0 saturated carbocycles. The molecule has 2 aromatic heterocycles. The van der Waals surface area contributed by atoms with Crippen molar-refractivity contribution in [2.24, 2.45) is 5.92 Å². The summed E-state index contributed by atoms with van der Waals surface area (Å²) in [6.45, 7) is 4.49. The number of nitrogens with zero attached hydrogens (tertiary/aromatic N) is 2. The minimum Gasteiger partial charge on any atom is -0.381 e. The van der Waals surface area contributed by atoms with E-state index >= 15 is 0 Å². The predicted molar refractivity (Wildman–Crippen MR) is 86.8 cm³/mol. The summed E-state index contributed by atoms with van der Waals surface area (Å²) < 4.78 is 39.1. The number of hydrogen-bond acceptors (Lipinski definition) is 6. The Balaban J connectivity index is 1.94. The molecule has 0 bridgehead atoms. The van der Waals surface area contributed by atoms with E-state index in [1.165, 1.54) is 0 Å². The molecule has 3 heterocycles. The lowest BCUT2D eigenvalue weighted by Crippen LogP contribution is -2.36. The Labute approximate surface area is 141 Å². The van der Waals surface area contributed by atoms with Crippen molar-refractivity contribution in [1.82, 2.24) is 14.9 Å². The standard InChI is InChI=1S/C16H21N3O4S/c1-11-16(12(2)23-18-11)24(20,21)19-15(13-5-8-22-9-6-13)14-4-3-7-17-10-14/h3-4,7,10,13,15,19H,5-6,8-9H2,1-2H3. The number of hydrogen-bond donors (Lipinski definition) is 1. The molecule has 1 atom stereocenters. The largest absolute Gasteiger partial charge is 0.381 e. The molecule has 130 valence electrons. The van der Waals surface area contributed by atoms with Crippen LogP contribution in [0, 0.1) is 19.8 Å². The molecule has 1 aliphatic heterocycles. The van der Waals surface area contributed by atoms with E-state index in [2.05, 4.69) is 14.9 Å². The zero-order chi connectivity index (χ0) is 17.2. The van der Waals surface area contributed by atoms with Gasteiger partial charge in [0.2, 0.25) is 10.0 Å². The molecule has 0 radical (unpaired) electrons. The maximum absolute atomic E-state index is 12.9. The summed E-state index contributed by atoms with van der Waals surface area (Å²) in [4.78, 5) is 4.25. The van der Waals surface area contributed by atoms with Gasteiger partial charge in [-0.3, -0.25) is 4.98 Å². The first-order valence-electron chi connectivity index (χ1n) is 7.92. The molecule has 0 spiro atoms. The van der Waals surface area contributed by atoms with Crippen LogP contribution in [0.1, 0.15) is 35.9 Å². The van der Waals surface area contributed by atoms with E-state index in [0.29, 0.717) is 18.9 Å². The normalized spacial score (nSPS) is 17.8. The minimum absolute atomic E-state index is 0.114. The monoisotopic (exact) mass is 351 g/mol. The first-order chi connectivity index (χ1) is 11.5. The number of ether oxygens (including phenoxy) is 1. The van der Waals surface area contributed by atoms with Crippen LogP contribution in [0.2, 0.25) is 0 Å². The lowest BCUT2D eigenvalue weighted by atomic mass is 9.88. The van der Waals surface area contributed by atoms with Gasteiger partial charge in [-0.1, -0.05) is 11.2 Å². The van der Waals surface area contributed by atoms with Crippen molar-refractivity contribution in [3.05, 3.63) is 41.5 Å². The van der Waals surface area contributed by atoms with E-state index in [1.807, 2.05) is 12.1 Å². The summed E-state index contributed by atoms with van der Waals surface area (Å²) >= 11 is 0. The molecular formula is C16H21N3O4S. The maximum atomic E-state index is 12.9. The van der Waals surface area contributed by atoms with E-state index in [4.69, 9.17) is 9.26 Å². The fraction of sp³-hybridized carbons (Fsp3) is 0.500. The molecule has 3 rings (SSSR count). The summed E-state index contributed by atoms with van der Waals surface area (Å²) in [5.41, 5.74) is 1.21. The summed E-state index contributed by atoms with van der Waals surface area (Å²) in [5.74, 6) is 0.440. The van der Waals surface area contributed by atoms with Gasteiger partial charge in [0.25, 0.3) is 0 Å². The second kappa shape index (κ2) is 7.00. The molecule has 1 aliphatic rings. The van der Waals surface area contributed by atoms with Gasteiger partial charge in [-0.25, -0.2) is 13.1 Å². The molecular weight excluding hydrogens is 330 g/mol. The van der Waals surface area contributed by atoms with Crippen LogP contribution in [0.3, 0.4) is 0 Å². The second-order valence-electron chi connectivity index (χ2n) is 5.99. The quantitative estimate of drug-likeness (QED) is 0.887. The molecule has 2 aromatic rings. The molecule has 0 amide bonds. The van der Waals surface area contributed by atoms with E-state index in [9.17, 15) is 8.42 Å². The van der Waals surface area contributed by atoms with Crippen LogP contribution in [-0.2, 0) is 14.8 Å². The third-order valence-corrected chi connectivity index (χ3v) is 5.98. The predicted octanol–water partition coefficient (Wildman–Crippen LogP) is 2.13. The summed E-state index contributed by atoms with van der Waals surface area (Å²) in [6.07, 6.45) is 4.97. The third-order valence-electron chi connectivity index (χ3n) is 4.30. The molecule has 7 nitrogen and oxygen atoms in total. The van der Waals surface area contributed by atoms with Crippen LogP contribution in [-0.4, -0.2) is 31.8 Å². The molecule has 0 aliphatic carbocycles. The van der Waals surface area contributed by atoms with Crippen molar-refractivity contribution in [3.63, 3.8) is 0 Å². The average Bonchev–Trinajstić information content (AvgIpc) is 2.94. The minimum atomic E-state index is -3.75. The highest BCUT2D eigenvalue weighted by atomic mass is 32.2. The molecule has 1 saturated heterocycles. The average molecular weight is 351 g/mol. The topological polar surface area (TPSA) is 94.3 Å². The third kappa shape index (κ3) is 3.50. The Morgan fingerprint density at radius 2 is 2.04 bits per heavy atom. The lowest BCUT2D eigenvalue weighted by Gasteiger charge is -2.30. The number of sulfonamides is 1. The number of aryl methyl sites for hydroxylation is 2. The van der Waals surface area contributed by atoms with Gasteiger partial charge in [0, 0.05) is 25.6 Å². The smallest absolute Gasteiger partial charge is 0.246 e. The molecule has 1 fully saturated rings. The van der Waals surface area contributed by atoms with Crippen LogP contribution in [0.5, 0.6) is 0 Å². The Morgan fingerprint density at radius 3 is 2.62 bits per heavy atom. The first kappa shape index (κ1) is 17.1. The van der Waals surface area contributed by atoms with Gasteiger partial charge in [0.15, 0.2) is 5.76 Å². The van der Waals surface area contributed by atoms with Gasteiger partial charge in [-0.15, -0.1) is 0 Å². The van der Waals surface area contributed by atoms with Crippen LogP contribution < -0.4 is 4.72 Å². The van der Waals surface area contributed by atoms with Crippen molar-refractivity contribution >= 4 is 10.0 Å². The van der Waals surface area contributed by atoms with E-state index in [-0.39, 0.29) is 22.6 Å². The van der Waals surface area contributed by atoms with Crippen LogP contribution in [0.15, 0.2) is 33.9 Å². The Bertz CT molecular complexity index is 763. The second-order valence-corrected chi connectivity index (χ2v) is 7.64. The van der Waals surface area contributed by atoms with Gasteiger partial charge < -0.3 is 9.26 Å². The van der Waals surface area contributed by atoms with Crippen LogP contribution >= 0.6 is 0 Å². The molecule has 0 aromatic carbocycles. The Morgan fingerprint density at radius 1 is 1.29 bits per heavy atom. The Kier molecular flexibility index (Phi) is 4.98. The van der Waals surface area contributed by atoms with Crippen molar-refractivity contribution in [2.75, 3.05) is 13.2 Å². The SMILES string of the molecule is Cc1noc(C)c1S(=O)(=O)NC(c1cccnc1)C1CCOCC1. The summed E-state index contributed by atoms with van der Waals surface area (Å²) in [5, 5.41) is 3.75. The molecule has 8 heteroatoms. The van der Waals surface area contributed by atoms with Gasteiger partial charge in [-0.2, -0.15) is 0 Å². The highest BCUT2D eigenvalue weighted by Crippen LogP contribution is 2.32. The van der Waals surface area contributed by atoms with Crippen molar-refractivity contribution in [1.29, 1.82) is 0 Å². The van der Waals surface area contributed by atoms with Gasteiger partial charge in [-0.05, 0) is 44.2 Å². The zero-order valence-electron chi connectivity index (χ0n) is 13.7. The first-order valence-corrected chi connectivity index (χ1v) is 9.40. The van der Waals surface area contributed by atoms with E-state index < -0.39 is 10.0 Å². The summed E-state index contributed by atoms with van der Waals surface area (Å²) in [7, 11) is -3.75. The van der Waals surface area contributed by atoms with Gasteiger partial charge in [0.05, 0.1) is 6.04 Å². The van der Waals surface area contributed by atoms with E-state index in [1.54, 1.807) is 26.2 Å². The number of nitrogens with one attached hydrogen (secondary N) is 1. The van der Waals surface area contributed by atoms with Crippen molar-refractivity contribution < 1.29 is 17.7 Å². The highest BCUT2D eigenvalue weighted by molar-refractivity contribution is 7.89. The number of aromatic nitrogens is 2. The summed E-state index contributed by atoms with van der Waals surface area (Å²) in [6, 6.07) is 3.34. The lowest BCUT2D eigenvalue weighted by molar-refractivity contribution is 0.0564. The van der Waals surface area contributed by atoms with Crippen molar-refractivity contribution in [3.8, 4) is 0 Å². The number of pyridine rings is 1. The van der Waals surface area contributed by atoms with Crippen molar-refractivity contribution in [2.45, 2.75) is 37.6 Å². The fourth-order valence-electron chi connectivity index (χ4n) is 3.13. The molecule has 24 heavy (non-hydrogen) atoms. The number of rotatable bonds is 5. The van der Waals surface area contributed by atoms with Gasteiger partial charge >= 0.3 is 0 Å². The van der Waals surface area contributed by atoms with Crippen LogP contribution in [0.25, 0.3) is 0 Å². The maximum Gasteiger partial charge on any atom is 0.246 e. The molecule has 1 N–H and O–H groups in total. The van der Waals surface area contributed by atoms with E-state index in [0.717, 1.165) is 18.4 Å². The highest BCUT2D eigenvalue weighted by Gasteiger charge is 2.32. The fourth-order valence-corrected chi connectivity index (χ4v) is 4.75. The van der Waals surface area contributed by atoms with Gasteiger partial charge in [0.1, 0.15) is 10.6 Å².